The number of hydrogen-bond donors (Lipinski definition) is 1. The molecule has 0 aromatic heterocycles. The zero-order valence-electron chi connectivity index (χ0n) is 17.2. The van der Waals surface area contributed by atoms with Crippen LogP contribution in [0.4, 0.5) is 0 Å². The van der Waals surface area contributed by atoms with E-state index in [1.54, 1.807) is 0 Å². The molecule has 2 aromatic carbocycles. The van der Waals surface area contributed by atoms with Gasteiger partial charge in [-0.15, -0.1) is 0 Å². The highest BCUT2D eigenvalue weighted by Gasteiger charge is 2.36. The van der Waals surface area contributed by atoms with Gasteiger partial charge < -0.3 is 10.1 Å². The molecule has 0 radical (unpaired) electrons. The second kappa shape index (κ2) is 8.37. The van der Waals surface area contributed by atoms with Gasteiger partial charge in [0, 0.05) is 30.1 Å². The summed E-state index contributed by atoms with van der Waals surface area (Å²) >= 11 is 6.33. The molecule has 5 heteroatoms. The molecule has 29 heavy (non-hydrogen) atoms. The summed E-state index contributed by atoms with van der Waals surface area (Å²) in [7, 11) is 0. The highest BCUT2D eigenvalue weighted by molar-refractivity contribution is 6.31. The first-order chi connectivity index (χ1) is 13.9. The Labute approximate surface area is 178 Å². The van der Waals surface area contributed by atoms with Crippen molar-refractivity contribution in [3.63, 3.8) is 0 Å². The predicted molar refractivity (Wildman–Crippen MR) is 116 cm³/mol. The standard InChI is InChI=1S/C24H29ClN2O2/c1-24(2)14-21(19-10-4-6-12-22(19)29-24)26-23(28)18-9-7-13-27(16-18)15-17-8-3-5-11-20(17)25/h3-6,8,10-12,18,21H,7,9,13-16H2,1-2H3,(H,26,28)/t18-,21-/m1/s1. The van der Waals surface area contributed by atoms with Gasteiger partial charge in [-0.25, -0.2) is 0 Å². The molecule has 4 rings (SSSR count). The van der Waals surface area contributed by atoms with Crippen LogP contribution in [-0.4, -0.2) is 29.5 Å². The molecule has 2 aromatic rings. The van der Waals surface area contributed by atoms with E-state index in [0.29, 0.717) is 0 Å². The molecule has 0 saturated carbocycles. The summed E-state index contributed by atoms with van der Waals surface area (Å²) in [5.74, 6) is 1.02. The van der Waals surface area contributed by atoms with Crippen molar-refractivity contribution >= 4 is 17.5 Å². The van der Waals surface area contributed by atoms with E-state index >= 15 is 0 Å². The Morgan fingerprint density at radius 3 is 2.79 bits per heavy atom. The quantitative estimate of drug-likeness (QED) is 0.770. The van der Waals surface area contributed by atoms with Gasteiger partial charge in [0.1, 0.15) is 11.4 Å². The fourth-order valence-electron chi connectivity index (χ4n) is 4.50. The number of carbonyl (C=O) groups is 1. The Kier molecular flexibility index (Phi) is 5.84. The molecule has 2 aliphatic rings. The highest BCUT2D eigenvalue weighted by Crippen LogP contribution is 2.39. The van der Waals surface area contributed by atoms with Crippen LogP contribution < -0.4 is 10.1 Å². The molecule has 0 bridgehead atoms. The van der Waals surface area contributed by atoms with E-state index in [0.717, 1.165) is 60.8 Å². The first-order valence-corrected chi connectivity index (χ1v) is 10.8. The monoisotopic (exact) mass is 412 g/mol. The summed E-state index contributed by atoms with van der Waals surface area (Å²) in [5.41, 5.74) is 1.90. The molecule has 1 amide bonds. The van der Waals surface area contributed by atoms with Crippen molar-refractivity contribution in [1.29, 1.82) is 0 Å². The van der Waals surface area contributed by atoms with Gasteiger partial charge in [-0.05, 0) is 50.9 Å². The summed E-state index contributed by atoms with van der Waals surface area (Å²) in [6.45, 7) is 6.71. The van der Waals surface area contributed by atoms with E-state index < -0.39 is 0 Å². The minimum Gasteiger partial charge on any atom is -0.487 e. The molecule has 2 atom stereocenters. The first kappa shape index (κ1) is 20.2. The molecule has 1 fully saturated rings. The highest BCUT2D eigenvalue weighted by atomic mass is 35.5. The van der Waals surface area contributed by atoms with Gasteiger partial charge in [0.2, 0.25) is 5.91 Å². The lowest BCUT2D eigenvalue weighted by Crippen LogP contribution is -2.46. The lowest BCUT2D eigenvalue weighted by molar-refractivity contribution is -0.128. The third kappa shape index (κ3) is 4.76. The summed E-state index contributed by atoms with van der Waals surface area (Å²) in [4.78, 5) is 15.5. The fourth-order valence-corrected chi connectivity index (χ4v) is 4.70. The zero-order chi connectivity index (χ0) is 20.4. The van der Waals surface area contributed by atoms with Crippen molar-refractivity contribution in [2.75, 3.05) is 13.1 Å². The topological polar surface area (TPSA) is 41.6 Å². The molecule has 154 valence electrons. The minimum atomic E-state index is -0.297. The summed E-state index contributed by atoms with van der Waals surface area (Å²) in [6, 6.07) is 16.0. The van der Waals surface area contributed by atoms with E-state index in [1.807, 2.05) is 36.4 Å². The Bertz CT molecular complexity index is 883. The lowest BCUT2D eigenvalue weighted by Gasteiger charge is -2.39. The second-order valence-corrected chi connectivity index (χ2v) is 9.24. The number of piperidine rings is 1. The lowest BCUT2D eigenvalue weighted by atomic mass is 9.88. The molecule has 0 spiro atoms. The smallest absolute Gasteiger partial charge is 0.224 e. The number of para-hydroxylation sites is 1. The molecule has 4 nitrogen and oxygen atoms in total. The normalized spacial score (nSPS) is 23.7. The molecule has 1 N–H and O–H groups in total. The van der Waals surface area contributed by atoms with Crippen molar-refractivity contribution in [2.45, 2.75) is 51.3 Å². The van der Waals surface area contributed by atoms with Crippen molar-refractivity contribution in [1.82, 2.24) is 10.2 Å². The van der Waals surface area contributed by atoms with Crippen molar-refractivity contribution < 1.29 is 9.53 Å². The van der Waals surface area contributed by atoms with Gasteiger partial charge in [0.05, 0.1) is 12.0 Å². The minimum absolute atomic E-state index is 0.00403. The summed E-state index contributed by atoms with van der Waals surface area (Å²) in [5, 5.41) is 4.12. The Morgan fingerprint density at radius 1 is 1.21 bits per heavy atom. The van der Waals surface area contributed by atoms with Crippen molar-refractivity contribution in [2.24, 2.45) is 5.92 Å². The molecule has 2 heterocycles. The summed E-state index contributed by atoms with van der Waals surface area (Å²) < 4.78 is 6.10. The second-order valence-electron chi connectivity index (χ2n) is 8.83. The Balaban J connectivity index is 1.42. The average molecular weight is 413 g/mol. The third-order valence-electron chi connectivity index (χ3n) is 5.92. The van der Waals surface area contributed by atoms with E-state index in [9.17, 15) is 4.79 Å². The number of nitrogens with one attached hydrogen (secondary N) is 1. The maximum absolute atomic E-state index is 13.1. The van der Waals surface area contributed by atoms with Crippen LogP contribution in [-0.2, 0) is 11.3 Å². The van der Waals surface area contributed by atoms with Crippen molar-refractivity contribution in [3.05, 3.63) is 64.7 Å². The van der Waals surface area contributed by atoms with Crippen molar-refractivity contribution in [3.8, 4) is 5.75 Å². The maximum atomic E-state index is 13.1. The van der Waals surface area contributed by atoms with E-state index in [4.69, 9.17) is 16.3 Å². The number of hydrogen-bond acceptors (Lipinski definition) is 3. The number of likely N-dealkylation sites (tertiary alicyclic amines) is 1. The van der Waals surface area contributed by atoms with E-state index in [-0.39, 0.29) is 23.5 Å². The number of amides is 1. The number of rotatable bonds is 4. The number of ether oxygens (including phenoxy) is 1. The molecule has 0 unspecified atom stereocenters. The first-order valence-electron chi connectivity index (χ1n) is 10.5. The number of benzene rings is 2. The number of carbonyl (C=O) groups excluding carboxylic acids is 1. The van der Waals surface area contributed by atoms with Crippen LogP contribution in [0.15, 0.2) is 48.5 Å². The number of fused-ring (bicyclic) bond motifs is 1. The predicted octanol–water partition coefficient (Wildman–Crippen LogP) is 4.97. The largest absolute Gasteiger partial charge is 0.487 e. The summed E-state index contributed by atoms with van der Waals surface area (Å²) in [6.07, 6.45) is 2.73. The molecule has 0 aliphatic carbocycles. The van der Waals surface area contributed by atoms with E-state index in [1.165, 1.54) is 0 Å². The van der Waals surface area contributed by atoms with Crippen LogP contribution in [0, 0.1) is 5.92 Å². The average Bonchev–Trinajstić information content (AvgIpc) is 2.69. The SMILES string of the molecule is CC1(C)C[C@@H](NC(=O)[C@@H]2CCCN(Cc3ccccc3Cl)C2)c2ccccc2O1. The fraction of sp³-hybridized carbons (Fsp3) is 0.458. The molecular formula is C24H29ClN2O2. The van der Waals surface area contributed by atoms with Gasteiger partial charge in [-0.3, -0.25) is 9.69 Å². The number of halogens is 1. The van der Waals surface area contributed by atoms with Crippen LogP contribution in [0.2, 0.25) is 5.02 Å². The zero-order valence-corrected chi connectivity index (χ0v) is 17.9. The Morgan fingerprint density at radius 2 is 1.97 bits per heavy atom. The Hall–Kier alpha value is -2.04. The van der Waals surface area contributed by atoms with Crippen LogP contribution >= 0.6 is 11.6 Å². The molecule has 1 saturated heterocycles. The number of nitrogens with zero attached hydrogens (tertiary/aromatic N) is 1. The van der Waals surface area contributed by atoms with Gasteiger partial charge in [-0.2, -0.15) is 0 Å². The van der Waals surface area contributed by atoms with Crippen LogP contribution in [0.3, 0.4) is 0 Å². The molecule has 2 aliphatic heterocycles. The van der Waals surface area contributed by atoms with Gasteiger partial charge in [-0.1, -0.05) is 48.0 Å². The van der Waals surface area contributed by atoms with Crippen LogP contribution in [0.25, 0.3) is 0 Å². The van der Waals surface area contributed by atoms with Gasteiger partial charge >= 0.3 is 0 Å². The van der Waals surface area contributed by atoms with Gasteiger partial charge in [0.25, 0.3) is 0 Å². The third-order valence-corrected chi connectivity index (χ3v) is 6.29. The molecular weight excluding hydrogens is 384 g/mol. The maximum Gasteiger partial charge on any atom is 0.224 e. The van der Waals surface area contributed by atoms with Gasteiger partial charge in [0.15, 0.2) is 0 Å². The van der Waals surface area contributed by atoms with Crippen LogP contribution in [0.5, 0.6) is 5.75 Å². The van der Waals surface area contributed by atoms with Crippen LogP contribution in [0.1, 0.15) is 50.3 Å². The van der Waals surface area contributed by atoms with E-state index in [2.05, 4.69) is 36.2 Å².